The SMILES string of the molecule is CCCC(NC(=O)CCn1cccc(C)c1=O)C(=O)O. The second kappa shape index (κ2) is 7.47. The molecule has 1 rings (SSSR count). The third-order valence-electron chi connectivity index (χ3n) is 3.00. The molecule has 1 unspecified atom stereocenters. The van der Waals surface area contributed by atoms with Crippen molar-refractivity contribution in [2.75, 3.05) is 0 Å². The Morgan fingerprint density at radius 3 is 2.75 bits per heavy atom. The summed E-state index contributed by atoms with van der Waals surface area (Å²) in [5, 5.41) is 11.4. The molecule has 110 valence electrons. The first-order chi connectivity index (χ1) is 9.45. The molecular formula is C14H20N2O4. The maximum atomic E-state index is 11.8. The van der Waals surface area contributed by atoms with Gasteiger partial charge >= 0.3 is 5.97 Å². The molecule has 1 aromatic heterocycles. The minimum Gasteiger partial charge on any atom is -0.480 e. The molecular weight excluding hydrogens is 260 g/mol. The Kier molecular flexibility index (Phi) is 5.96. The van der Waals surface area contributed by atoms with Crippen molar-refractivity contribution in [1.29, 1.82) is 0 Å². The van der Waals surface area contributed by atoms with Crippen LogP contribution < -0.4 is 10.9 Å². The summed E-state index contributed by atoms with van der Waals surface area (Å²) in [5.41, 5.74) is 0.478. The Hall–Kier alpha value is -2.11. The van der Waals surface area contributed by atoms with Crippen LogP contribution in [-0.4, -0.2) is 27.6 Å². The summed E-state index contributed by atoms with van der Waals surface area (Å²) in [4.78, 5) is 34.4. The normalized spacial score (nSPS) is 11.9. The average molecular weight is 280 g/mol. The number of aromatic nitrogens is 1. The molecule has 2 N–H and O–H groups in total. The second-order valence-electron chi connectivity index (χ2n) is 4.69. The molecule has 0 spiro atoms. The number of hydrogen-bond acceptors (Lipinski definition) is 3. The first kappa shape index (κ1) is 15.9. The van der Waals surface area contributed by atoms with Gasteiger partial charge in [0, 0.05) is 24.7 Å². The van der Waals surface area contributed by atoms with E-state index in [-0.39, 0.29) is 24.4 Å². The van der Waals surface area contributed by atoms with Crippen LogP contribution >= 0.6 is 0 Å². The van der Waals surface area contributed by atoms with Gasteiger partial charge in [-0.05, 0) is 19.4 Å². The maximum Gasteiger partial charge on any atom is 0.326 e. The number of carboxylic acids is 1. The Labute approximate surface area is 117 Å². The van der Waals surface area contributed by atoms with Gasteiger partial charge in [0.15, 0.2) is 0 Å². The van der Waals surface area contributed by atoms with E-state index in [0.29, 0.717) is 18.4 Å². The molecule has 20 heavy (non-hydrogen) atoms. The monoisotopic (exact) mass is 280 g/mol. The predicted molar refractivity (Wildman–Crippen MR) is 74.5 cm³/mol. The number of nitrogens with one attached hydrogen (secondary N) is 1. The van der Waals surface area contributed by atoms with Gasteiger partial charge in [-0.25, -0.2) is 4.79 Å². The fourth-order valence-corrected chi connectivity index (χ4v) is 1.87. The molecule has 6 heteroatoms. The van der Waals surface area contributed by atoms with Crippen molar-refractivity contribution in [1.82, 2.24) is 9.88 Å². The van der Waals surface area contributed by atoms with Crippen molar-refractivity contribution in [3.63, 3.8) is 0 Å². The highest BCUT2D eigenvalue weighted by Crippen LogP contribution is 1.98. The van der Waals surface area contributed by atoms with Gasteiger partial charge in [0.1, 0.15) is 6.04 Å². The van der Waals surface area contributed by atoms with Crippen LogP contribution in [0.2, 0.25) is 0 Å². The van der Waals surface area contributed by atoms with Gasteiger partial charge in [0.05, 0.1) is 0 Å². The van der Waals surface area contributed by atoms with Crippen LogP contribution in [0, 0.1) is 6.92 Å². The lowest BCUT2D eigenvalue weighted by Gasteiger charge is -2.13. The maximum absolute atomic E-state index is 11.8. The number of carbonyl (C=O) groups is 2. The lowest BCUT2D eigenvalue weighted by atomic mass is 10.1. The molecule has 0 aliphatic carbocycles. The molecule has 0 saturated carbocycles. The summed E-state index contributed by atoms with van der Waals surface area (Å²) in [7, 11) is 0. The molecule has 0 aromatic carbocycles. The predicted octanol–water partition coefficient (Wildman–Crippen LogP) is 0.916. The van der Waals surface area contributed by atoms with E-state index in [1.165, 1.54) is 4.57 Å². The zero-order valence-corrected chi connectivity index (χ0v) is 11.8. The Morgan fingerprint density at radius 1 is 1.45 bits per heavy atom. The van der Waals surface area contributed by atoms with Crippen molar-refractivity contribution in [2.45, 2.75) is 45.7 Å². The van der Waals surface area contributed by atoms with Crippen molar-refractivity contribution in [3.8, 4) is 0 Å². The van der Waals surface area contributed by atoms with Gasteiger partial charge in [-0.1, -0.05) is 19.4 Å². The second-order valence-corrected chi connectivity index (χ2v) is 4.69. The van der Waals surface area contributed by atoms with Gasteiger partial charge in [-0.3, -0.25) is 9.59 Å². The minimum atomic E-state index is -1.03. The largest absolute Gasteiger partial charge is 0.480 e. The van der Waals surface area contributed by atoms with Crippen molar-refractivity contribution < 1.29 is 14.7 Å². The quantitative estimate of drug-likeness (QED) is 0.777. The zero-order valence-electron chi connectivity index (χ0n) is 11.8. The van der Waals surface area contributed by atoms with E-state index in [0.717, 1.165) is 0 Å². The van der Waals surface area contributed by atoms with Crippen LogP contribution in [0.3, 0.4) is 0 Å². The number of aliphatic carboxylic acids is 1. The minimum absolute atomic E-state index is 0.0802. The zero-order chi connectivity index (χ0) is 15.1. The van der Waals surface area contributed by atoms with Crippen LogP contribution in [0.5, 0.6) is 0 Å². The third kappa shape index (κ3) is 4.53. The van der Waals surface area contributed by atoms with E-state index >= 15 is 0 Å². The Balaban J connectivity index is 2.57. The molecule has 0 aliphatic rings. The van der Waals surface area contributed by atoms with Crippen LogP contribution in [0.15, 0.2) is 23.1 Å². The van der Waals surface area contributed by atoms with Crippen LogP contribution in [-0.2, 0) is 16.1 Å². The first-order valence-corrected chi connectivity index (χ1v) is 6.64. The molecule has 0 bridgehead atoms. The molecule has 1 heterocycles. The summed E-state index contributed by atoms with van der Waals surface area (Å²) in [6.07, 6.45) is 2.76. The van der Waals surface area contributed by atoms with Crippen LogP contribution in [0.25, 0.3) is 0 Å². The van der Waals surface area contributed by atoms with E-state index in [1.807, 2.05) is 6.92 Å². The molecule has 0 saturated heterocycles. The lowest BCUT2D eigenvalue weighted by Crippen LogP contribution is -2.41. The fourth-order valence-electron chi connectivity index (χ4n) is 1.87. The van der Waals surface area contributed by atoms with Gasteiger partial charge in [0.2, 0.25) is 5.91 Å². The molecule has 0 aliphatic heterocycles. The highest BCUT2D eigenvalue weighted by molar-refractivity contribution is 5.83. The summed E-state index contributed by atoms with van der Waals surface area (Å²) in [6.45, 7) is 3.81. The summed E-state index contributed by atoms with van der Waals surface area (Å²) < 4.78 is 1.45. The highest BCUT2D eigenvalue weighted by atomic mass is 16.4. The van der Waals surface area contributed by atoms with E-state index < -0.39 is 12.0 Å². The van der Waals surface area contributed by atoms with E-state index in [1.54, 1.807) is 25.3 Å². The van der Waals surface area contributed by atoms with Crippen molar-refractivity contribution >= 4 is 11.9 Å². The van der Waals surface area contributed by atoms with Crippen molar-refractivity contribution in [3.05, 3.63) is 34.2 Å². The summed E-state index contributed by atoms with van der Waals surface area (Å²) in [5.74, 6) is -1.40. The van der Waals surface area contributed by atoms with Crippen molar-refractivity contribution in [2.24, 2.45) is 0 Å². The van der Waals surface area contributed by atoms with Gasteiger partial charge < -0.3 is 15.0 Å². The molecule has 1 aromatic rings. The molecule has 0 fully saturated rings. The third-order valence-corrected chi connectivity index (χ3v) is 3.00. The average Bonchev–Trinajstić information content (AvgIpc) is 2.40. The Morgan fingerprint density at radius 2 is 2.15 bits per heavy atom. The standard InChI is InChI=1S/C14H20N2O4/c1-3-5-11(14(19)20)15-12(17)7-9-16-8-4-6-10(2)13(16)18/h4,6,8,11H,3,5,7,9H2,1-2H3,(H,15,17)(H,19,20). The van der Waals surface area contributed by atoms with E-state index in [4.69, 9.17) is 5.11 Å². The molecule has 1 amide bonds. The fraction of sp³-hybridized carbons (Fsp3) is 0.500. The number of carbonyl (C=O) groups excluding carboxylic acids is 1. The molecule has 1 atom stereocenters. The number of carboxylic acid groups (broad SMARTS) is 1. The number of aryl methyl sites for hydroxylation is 2. The molecule has 6 nitrogen and oxygen atoms in total. The van der Waals surface area contributed by atoms with E-state index in [2.05, 4.69) is 5.32 Å². The summed E-state index contributed by atoms with van der Waals surface area (Å²) in [6, 6.07) is 2.59. The van der Waals surface area contributed by atoms with Gasteiger partial charge in [-0.15, -0.1) is 0 Å². The number of nitrogens with zero attached hydrogens (tertiary/aromatic N) is 1. The Bertz CT molecular complexity index is 536. The van der Waals surface area contributed by atoms with Gasteiger partial charge in [0.25, 0.3) is 5.56 Å². The number of pyridine rings is 1. The summed E-state index contributed by atoms with van der Waals surface area (Å²) >= 11 is 0. The number of rotatable bonds is 7. The first-order valence-electron chi connectivity index (χ1n) is 6.64. The topological polar surface area (TPSA) is 88.4 Å². The smallest absolute Gasteiger partial charge is 0.326 e. The van der Waals surface area contributed by atoms with Crippen LogP contribution in [0.4, 0.5) is 0 Å². The number of hydrogen-bond donors (Lipinski definition) is 2. The molecule has 0 radical (unpaired) electrons. The van der Waals surface area contributed by atoms with Crippen LogP contribution in [0.1, 0.15) is 31.7 Å². The van der Waals surface area contributed by atoms with Gasteiger partial charge in [-0.2, -0.15) is 0 Å². The lowest BCUT2D eigenvalue weighted by molar-refractivity contribution is -0.142. The number of amides is 1. The highest BCUT2D eigenvalue weighted by Gasteiger charge is 2.18. The van der Waals surface area contributed by atoms with E-state index in [9.17, 15) is 14.4 Å².